The molecule has 0 bridgehead atoms. The third-order valence-electron chi connectivity index (χ3n) is 4.55. The molecule has 2 unspecified atom stereocenters. The number of hydrogen-bond acceptors (Lipinski definition) is 11. The van der Waals surface area contributed by atoms with Crippen molar-refractivity contribution in [2.45, 2.75) is 23.0 Å². The van der Waals surface area contributed by atoms with Crippen molar-refractivity contribution in [3.05, 3.63) is 29.3 Å². The number of amides is 3. The van der Waals surface area contributed by atoms with Gasteiger partial charge >= 0.3 is 0 Å². The number of carbonyl (C=O) groups excluding carboxylic acids is 3. The molecule has 3 amide bonds. The van der Waals surface area contributed by atoms with Crippen LogP contribution in [0, 0.1) is 0 Å². The molecule has 2 heterocycles. The molecule has 0 aromatic heterocycles. The van der Waals surface area contributed by atoms with Gasteiger partial charge in [-0.05, 0) is 12.1 Å². The number of aliphatic hydroxyl groups is 4. The molecule has 2 aliphatic rings. The minimum Gasteiger partial charge on any atom is -0.398 e. The number of hydrogen-bond donors (Lipinski definition) is 9. The summed E-state index contributed by atoms with van der Waals surface area (Å²) >= 11 is 0. The van der Waals surface area contributed by atoms with Gasteiger partial charge in [0.1, 0.15) is 0 Å². The van der Waals surface area contributed by atoms with Crippen molar-refractivity contribution >= 4 is 23.4 Å². The van der Waals surface area contributed by atoms with Crippen LogP contribution in [0.25, 0.3) is 0 Å². The molecule has 0 aliphatic carbocycles. The summed E-state index contributed by atoms with van der Waals surface area (Å²) in [6.45, 7) is 0. The average molecular weight is 368 g/mol. The number of anilines is 1. The Morgan fingerprint density at radius 1 is 0.962 bits per heavy atom. The predicted molar refractivity (Wildman–Crippen MR) is 81.5 cm³/mol. The molecule has 140 valence electrons. The van der Waals surface area contributed by atoms with Gasteiger partial charge < -0.3 is 26.2 Å². The summed E-state index contributed by atoms with van der Waals surface area (Å²) in [5.41, 5.74) is 14.9. The topological polar surface area (TPSA) is 251 Å². The van der Waals surface area contributed by atoms with Crippen molar-refractivity contribution < 1.29 is 34.8 Å². The number of rotatable bonds is 1. The molecule has 1 aromatic rings. The minimum absolute atomic E-state index is 0.0317. The number of nitrogens with one attached hydrogen (secondary N) is 1. The molecule has 2 aliphatic heterocycles. The lowest BCUT2D eigenvalue weighted by Crippen LogP contribution is -2.91. The summed E-state index contributed by atoms with van der Waals surface area (Å²) in [7, 11) is 0. The average Bonchev–Trinajstić information content (AvgIpc) is 2.72. The quantitative estimate of drug-likeness (QED) is 0.128. The Morgan fingerprint density at radius 2 is 1.54 bits per heavy atom. The summed E-state index contributed by atoms with van der Waals surface area (Å²) in [5, 5.41) is 42.2. The lowest BCUT2D eigenvalue weighted by atomic mass is 9.84. The van der Waals surface area contributed by atoms with Crippen LogP contribution in [0.1, 0.15) is 15.9 Å². The SMILES string of the molecule is Nc1cccc2c1C(N)(N)N(C1(O)C(=O)NC(=O)C(O)(O)C1(N)O)C2=O. The van der Waals surface area contributed by atoms with Crippen LogP contribution in [0.5, 0.6) is 0 Å². The normalized spacial score (nSPS) is 32.4. The number of benzene rings is 1. The highest BCUT2D eigenvalue weighted by molar-refractivity contribution is 6.11. The monoisotopic (exact) mass is 368 g/mol. The third-order valence-corrected chi connectivity index (χ3v) is 4.55. The molecule has 26 heavy (non-hydrogen) atoms. The lowest BCUT2D eigenvalue weighted by Gasteiger charge is -2.53. The second kappa shape index (κ2) is 4.74. The van der Waals surface area contributed by atoms with Gasteiger partial charge in [-0.15, -0.1) is 0 Å². The molecule has 1 aromatic carbocycles. The van der Waals surface area contributed by atoms with E-state index in [4.69, 9.17) is 22.9 Å². The van der Waals surface area contributed by atoms with Crippen molar-refractivity contribution in [1.29, 1.82) is 0 Å². The molecular formula is C13H16N6O7. The number of piperidine rings is 1. The predicted octanol–water partition coefficient (Wildman–Crippen LogP) is -5.57. The summed E-state index contributed by atoms with van der Waals surface area (Å²) in [4.78, 5) is 36.7. The number of fused-ring (bicyclic) bond motifs is 1. The molecule has 0 saturated carbocycles. The van der Waals surface area contributed by atoms with Gasteiger partial charge in [0.05, 0.1) is 5.56 Å². The fourth-order valence-electron chi connectivity index (χ4n) is 3.15. The molecule has 1 fully saturated rings. The second-order valence-corrected chi connectivity index (χ2v) is 6.13. The van der Waals surface area contributed by atoms with Gasteiger partial charge in [0, 0.05) is 11.3 Å². The van der Waals surface area contributed by atoms with Crippen LogP contribution in [0.3, 0.4) is 0 Å². The Morgan fingerprint density at radius 3 is 2.08 bits per heavy atom. The zero-order valence-electron chi connectivity index (χ0n) is 13.0. The maximum atomic E-state index is 12.8. The van der Waals surface area contributed by atoms with Crippen molar-refractivity contribution in [3.63, 3.8) is 0 Å². The first-order valence-corrected chi connectivity index (χ1v) is 7.08. The molecule has 1 saturated heterocycles. The lowest BCUT2D eigenvalue weighted by molar-refractivity contribution is -0.338. The Bertz CT molecular complexity index is 867. The van der Waals surface area contributed by atoms with Crippen molar-refractivity contribution in [3.8, 4) is 0 Å². The Hall–Kier alpha value is -2.65. The molecule has 2 atom stereocenters. The molecule has 0 spiro atoms. The highest BCUT2D eigenvalue weighted by atomic mass is 16.6. The van der Waals surface area contributed by atoms with E-state index in [2.05, 4.69) is 0 Å². The van der Waals surface area contributed by atoms with E-state index in [1.165, 1.54) is 23.5 Å². The number of imide groups is 1. The van der Waals surface area contributed by atoms with E-state index in [1.807, 2.05) is 0 Å². The van der Waals surface area contributed by atoms with E-state index in [0.29, 0.717) is 0 Å². The maximum Gasteiger partial charge on any atom is 0.294 e. The Kier molecular flexibility index (Phi) is 3.31. The van der Waals surface area contributed by atoms with E-state index < -0.39 is 40.7 Å². The van der Waals surface area contributed by atoms with Crippen LogP contribution in [-0.2, 0) is 15.4 Å². The summed E-state index contributed by atoms with van der Waals surface area (Å²) in [5.74, 6) is -11.2. The van der Waals surface area contributed by atoms with Crippen molar-refractivity contribution in [1.82, 2.24) is 10.2 Å². The van der Waals surface area contributed by atoms with Crippen LogP contribution in [0.15, 0.2) is 18.2 Å². The highest BCUT2D eigenvalue weighted by Crippen LogP contribution is 2.44. The molecular weight excluding hydrogens is 352 g/mol. The molecule has 0 radical (unpaired) electrons. The molecule has 13 N–H and O–H groups in total. The van der Waals surface area contributed by atoms with Gasteiger partial charge in [0.25, 0.3) is 29.2 Å². The first-order valence-electron chi connectivity index (χ1n) is 7.08. The van der Waals surface area contributed by atoms with Crippen molar-refractivity contribution in [2.75, 3.05) is 5.73 Å². The van der Waals surface area contributed by atoms with Gasteiger partial charge in [-0.3, -0.25) is 41.8 Å². The van der Waals surface area contributed by atoms with Gasteiger partial charge in [-0.25, -0.2) is 0 Å². The largest absolute Gasteiger partial charge is 0.398 e. The summed E-state index contributed by atoms with van der Waals surface area (Å²) in [6.07, 6.45) is 0. The van der Waals surface area contributed by atoms with E-state index in [9.17, 15) is 34.8 Å². The van der Waals surface area contributed by atoms with Crippen LogP contribution < -0.4 is 28.3 Å². The van der Waals surface area contributed by atoms with Crippen LogP contribution in [0.2, 0.25) is 0 Å². The smallest absolute Gasteiger partial charge is 0.294 e. The van der Waals surface area contributed by atoms with Crippen LogP contribution in [0.4, 0.5) is 5.69 Å². The van der Waals surface area contributed by atoms with Crippen molar-refractivity contribution in [2.24, 2.45) is 17.2 Å². The van der Waals surface area contributed by atoms with E-state index >= 15 is 0 Å². The first-order chi connectivity index (χ1) is 11.7. The van der Waals surface area contributed by atoms with E-state index in [1.54, 1.807) is 0 Å². The standard InChI is InChI=1S/C13H16N6O7/c14-5-3-1-2-4-6(5)12(15,16)19(7(4)20)10(23)8(21)18-9(22)11(24,25)13(10,17)26/h1-3,23-26H,14-17H2,(H,18,21,22). The fraction of sp³-hybridized carbons (Fsp3) is 0.308. The Labute approximate surface area is 144 Å². The molecule has 13 heteroatoms. The van der Waals surface area contributed by atoms with Gasteiger partial charge in [-0.1, -0.05) is 6.07 Å². The van der Waals surface area contributed by atoms with Gasteiger partial charge in [-0.2, -0.15) is 0 Å². The molecule has 3 rings (SSSR count). The number of carbonyl (C=O) groups is 3. The van der Waals surface area contributed by atoms with Crippen LogP contribution in [-0.4, -0.2) is 60.3 Å². The number of nitrogens with two attached hydrogens (primary N) is 4. The number of nitrogen functional groups attached to an aromatic ring is 1. The second-order valence-electron chi connectivity index (χ2n) is 6.13. The summed E-state index contributed by atoms with van der Waals surface area (Å²) < 4.78 is 0. The zero-order valence-corrected chi connectivity index (χ0v) is 13.0. The highest BCUT2D eigenvalue weighted by Gasteiger charge is 2.77. The minimum atomic E-state index is -3.88. The number of nitrogens with zero attached hydrogens (tertiary/aromatic N) is 1. The van der Waals surface area contributed by atoms with Gasteiger partial charge in [0.15, 0.2) is 5.79 Å². The molecule has 13 nitrogen and oxygen atoms in total. The fourth-order valence-corrected chi connectivity index (χ4v) is 3.15. The summed E-state index contributed by atoms with van der Waals surface area (Å²) in [6, 6.07) is 3.91. The Balaban J connectivity index is 2.29. The maximum absolute atomic E-state index is 12.8. The van der Waals surface area contributed by atoms with Gasteiger partial charge in [0.2, 0.25) is 5.72 Å². The zero-order chi connectivity index (χ0) is 19.9. The van der Waals surface area contributed by atoms with E-state index in [-0.39, 0.29) is 21.7 Å². The first kappa shape index (κ1) is 18.2. The third kappa shape index (κ3) is 1.74. The van der Waals surface area contributed by atoms with Crippen LogP contribution >= 0.6 is 0 Å². The van der Waals surface area contributed by atoms with E-state index in [0.717, 1.165) is 0 Å².